The second-order valence-corrected chi connectivity index (χ2v) is 8.13. The van der Waals surface area contributed by atoms with Gasteiger partial charge in [-0.1, -0.05) is 15.9 Å². The third kappa shape index (κ3) is 4.80. The molecule has 0 aliphatic carbocycles. The molecule has 1 aliphatic heterocycles. The lowest BCUT2D eigenvalue weighted by molar-refractivity contribution is -0.136. The zero-order valence-corrected chi connectivity index (χ0v) is 17.4. The Morgan fingerprint density at radius 1 is 1.33 bits per heavy atom. The van der Waals surface area contributed by atoms with Gasteiger partial charge in [0.15, 0.2) is 0 Å². The summed E-state index contributed by atoms with van der Waals surface area (Å²) in [5, 5.41) is 2.96. The Balaban J connectivity index is 2.00. The molecule has 2 atom stereocenters. The Kier molecular flexibility index (Phi) is 6.83. The minimum Gasteiger partial charge on any atom is -0.349 e. The average Bonchev–Trinajstić information content (AvgIpc) is 2.55. The Morgan fingerprint density at radius 3 is 2.67 bits per heavy atom. The first kappa shape index (κ1) is 19.4. The SMILES string of the molecule is CC(C(=O)Nc1ccc(Br)cc1Br)N1CCCC(C(=O)N(C)C)C1. The first-order valence-electron chi connectivity index (χ1n) is 8.00. The molecule has 1 saturated heterocycles. The summed E-state index contributed by atoms with van der Waals surface area (Å²) in [6.07, 6.45) is 1.82. The normalized spacial score (nSPS) is 19.6. The predicted octanol–water partition coefficient (Wildman–Crippen LogP) is 3.34. The van der Waals surface area contributed by atoms with E-state index in [0.717, 1.165) is 34.0 Å². The van der Waals surface area contributed by atoms with E-state index >= 15 is 0 Å². The summed E-state index contributed by atoms with van der Waals surface area (Å²) in [7, 11) is 3.56. The molecule has 0 radical (unpaired) electrons. The molecule has 2 rings (SSSR count). The Labute approximate surface area is 160 Å². The van der Waals surface area contributed by atoms with Crippen LogP contribution in [0.2, 0.25) is 0 Å². The topological polar surface area (TPSA) is 52.7 Å². The van der Waals surface area contributed by atoms with Crippen LogP contribution >= 0.6 is 31.9 Å². The van der Waals surface area contributed by atoms with E-state index in [9.17, 15) is 9.59 Å². The van der Waals surface area contributed by atoms with Gasteiger partial charge in [0.05, 0.1) is 17.6 Å². The van der Waals surface area contributed by atoms with Gasteiger partial charge in [0.2, 0.25) is 11.8 Å². The molecule has 1 aliphatic rings. The van der Waals surface area contributed by atoms with Crippen molar-refractivity contribution in [2.24, 2.45) is 5.92 Å². The molecule has 2 unspecified atom stereocenters. The van der Waals surface area contributed by atoms with Gasteiger partial charge in [-0.3, -0.25) is 14.5 Å². The van der Waals surface area contributed by atoms with Crippen LogP contribution in [0.25, 0.3) is 0 Å². The highest BCUT2D eigenvalue weighted by Crippen LogP contribution is 2.27. The van der Waals surface area contributed by atoms with Crippen molar-refractivity contribution >= 4 is 49.4 Å². The second kappa shape index (κ2) is 8.45. The molecule has 1 heterocycles. The Morgan fingerprint density at radius 2 is 2.04 bits per heavy atom. The molecule has 1 aromatic carbocycles. The van der Waals surface area contributed by atoms with Crippen molar-refractivity contribution in [1.82, 2.24) is 9.80 Å². The van der Waals surface area contributed by atoms with Crippen LogP contribution in [0.1, 0.15) is 19.8 Å². The molecule has 0 aromatic heterocycles. The fraction of sp³-hybridized carbons (Fsp3) is 0.529. The van der Waals surface area contributed by atoms with Gasteiger partial charge in [-0.2, -0.15) is 0 Å². The molecular weight excluding hydrogens is 438 g/mol. The van der Waals surface area contributed by atoms with Crippen LogP contribution in [0.5, 0.6) is 0 Å². The van der Waals surface area contributed by atoms with Gasteiger partial charge >= 0.3 is 0 Å². The molecule has 0 spiro atoms. The smallest absolute Gasteiger partial charge is 0.241 e. The molecule has 132 valence electrons. The summed E-state index contributed by atoms with van der Waals surface area (Å²) in [6, 6.07) is 5.36. The van der Waals surface area contributed by atoms with Gasteiger partial charge in [-0.05, 0) is 60.4 Å². The largest absolute Gasteiger partial charge is 0.349 e. The van der Waals surface area contributed by atoms with Crippen molar-refractivity contribution in [2.75, 3.05) is 32.5 Å². The van der Waals surface area contributed by atoms with Crippen molar-refractivity contribution in [3.63, 3.8) is 0 Å². The number of halogens is 2. The molecule has 0 bridgehead atoms. The second-order valence-electron chi connectivity index (χ2n) is 6.36. The first-order valence-corrected chi connectivity index (χ1v) is 9.59. The fourth-order valence-corrected chi connectivity index (χ4v) is 4.06. The highest BCUT2D eigenvalue weighted by molar-refractivity contribution is 9.11. The van der Waals surface area contributed by atoms with Crippen LogP contribution in [0.4, 0.5) is 5.69 Å². The van der Waals surface area contributed by atoms with Crippen LogP contribution in [0, 0.1) is 5.92 Å². The molecule has 1 N–H and O–H groups in total. The molecule has 5 nitrogen and oxygen atoms in total. The van der Waals surface area contributed by atoms with Crippen molar-refractivity contribution in [3.05, 3.63) is 27.1 Å². The molecule has 1 fully saturated rings. The maximum absolute atomic E-state index is 12.6. The maximum Gasteiger partial charge on any atom is 0.241 e. The zero-order valence-electron chi connectivity index (χ0n) is 14.2. The van der Waals surface area contributed by atoms with E-state index in [1.54, 1.807) is 19.0 Å². The van der Waals surface area contributed by atoms with Crippen molar-refractivity contribution in [3.8, 4) is 0 Å². The van der Waals surface area contributed by atoms with Crippen molar-refractivity contribution in [2.45, 2.75) is 25.8 Å². The van der Waals surface area contributed by atoms with Crippen LogP contribution in [-0.2, 0) is 9.59 Å². The number of hydrogen-bond donors (Lipinski definition) is 1. The number of anilines is 1. The Hall–Kier alpha value is -0.920. The number of carbonyl (C=O) groups is 2. The number of piperidine rings is 1. The molecule has 0 saturated carbocycles. The van der Waals surface area contributed by atoms with Crippen LogP contribution in [0.3, 0.4) is 0 Å². The summed E-state index contributed by atoms with van der Waals surface area (Å²) in [5.41, 5.74) is 0.743. The van der Waals surface area contributed by atoms with Crippen molar-refractivity contribution < 1.29 is 9.59 Å². The van der Waals surface area contributed by atoms with E-state index in [1.807, 2.05) is 25.1 Å². The lowest BCUT2D eigenvalue weighted by Crippen LogP contribution is -2.49. The average molecular weight is 461 g/mol. The van der Waals surface area contributed by atoms with E-state index in [-0.39, 0.29) is 23.8 Å². The Bertz CT molecular complexity index is 622. The monoisotopic (exact) mass is 459 g/mol. The summed E-state index contributed by atoms with van der Waals surface area (Å²) in [4.78, 5) is 28.5. The van der Waals surface area contributed by atoms with E-state index in [0.29, 0.717) is 6.54 Å². The minimum absolute atomic E-state index is 0.0246. The molecular formula is C17H23Br2N3O2. The first-order chi connectivity index (χ1) is 11.3. The zero-order chi connectivity index (χ0) is 17.9. The number of rotatable bonds is 4. The van der Waals surface area contributed by atoms with Crippen LogP contribution in [-0.4, -0.2) is 54.8 Å². The lowest BCUT2D eigenvalue weighted by atomic mass is 9.95. The highest BCUT2D eigenvalue weighted by Gasteiger charge is 2.31. The minimum atomic E-state index is -0.279. The standard InChI is InChI=1S/C17H23Br2N3O2/c1-11(16(23)20-15-7-6-13(18)9-14(15)19)22-8-4-5-12(10-22)17(24)21(2)3/h6-7,9,11-12H,4-5,8,10H2,1-3H3,(H,20,23). The lowest BCUT2D eigenvalue weighted by Gasteiger charge is -2.36. The number of benzene rings is 1. The number of nitrogens with one attached hydrogen (secondary N) is 1. The van der Waals surface area contributed by atoms with Gasteiger partial charge in [0.1, 0.15) is 0 Å². The van der Waals surface area contributed by atoms with Crippen LogP contribution in [0.15, 0.2) is 27.1 Å². The molecule has 7 heteroatoms. The third-order valence-electron chi connectivity index (χ3n) is 4.36. The number of carbonyl (C=O) groups excluding carboxylic acids is 2. The van der Waals surface area contributed by atoms with Gasteiger partial charge in [-0.15, -0.1) is 0 Å². The van der Waals surface area contributed by atoms with Gasteiger partial charge in [0.25, 0.3) is 0 Å². The van der Waals surface area contributed by atoms with E-state index < -0.39 is 0 Å². The van der Waals surface area contributed by atoms with E-state index in [2.05, 4.69) is 42.1 Å². The predicted molar refractivity (Wildman–Crippen MR) is 103 cm³/mol. The van der Waals surface area contributed by atoms with Gasteiger partial charge in [-0.25, -0.2) is 0 Å². The fourth-order valence-electron chi connectivity index (χ4n) is 2.92. The summed E-state index contributed by atoms with van der Waals surface area (Å²) >= 11 is 6.86. The highest BCUT2D eigenvalue weighted by atomic mass is 79.9. The molecule has 2 amide bonds. The van der Waals surface area contributed by atoms with E-state index in [4.69, 9.17) is 0 Å². The van der Waals surface area contributed by atoms with Gasteiger partial charge < -0.3 is 10.2 Å². The van der Waals surface area contributed by atoms with E-state index in [1.165, 1.54) is 0 Å². The third-order valence-corrected chi connectivity index (χ3v) is 5.51. The summed E-state index contributed by atoms with van der Waals surface area (Å²) < 4.78 is 1.78. The quantitative estimate of drug-likeness (QED) is 0.749. The summed E-state index contributed by atoms with van der Waals surface area (Å²) in [5.74, 6) is 0.0577. The number of amides is 2. The maximum atomic E-state index is 12.6. The number of hydrogen-bond acceptors (Lipinski definition) is 3. The molecule has 24 heavy (non-hydrogen) atoms. The van der Waals surface area contributed by atoms with Crippen LogP contribution < -0.4 is 5.32 Å². The number of nitrogens with zero attached hydrogens (tertiary/aromatic N) is 2. The number of likely N-dealkylation sites (tertiary alicyclic amines) is 1. The summed E-state index contributed by atoms with van der Waals surface area (Å²) in [6.45, 7) is 3.37. The van der Waals surface area contributed by atoms with Gasteiger partial charge in [0, 0.05) is 29.6 Å². The molecule has 1 aromatic rings. The van der Waals surface area contributed by atoms with Crippen molar-refractivity contribution in [1.29, 1.82) is 0 Å².